The van der Waals surface area contributed by atoms with Crippen molar-refractivity contribution in [2.45, 2.75) is 19.6 Å². The van der Waals surface area contributed by atoms with E-state index in [0.29, 0.717) is 22.3 Å². The lowest BCUT2D eigenvalue weighted by atomic mass is 10.0. The van der Waals surface area contributed by atoms with Gasteiger partial charge >= 0.3 is 6.61 Å². The molecule has 0 aliphatic heterocycles. The number of hydrogen-bond acceptors (Lipinski definition) is 3. The van der Waals surface area contributed by atoms with Crippen LogP contribution in [0.25, 0.3) is 11.1 Å². The molecule has 1 unspecified atom stereocenters. The van der Waals surface area contributed by atoms with Crippen LogP contribution in [0.3, 0.4) is 0 Å². The first kappa shape index (κ1) is 18.8. The Morgan fingerprint density at radius 2 is 1.62 bits per heavy atom. The second-order valence-corrected chi connectivity index (χ2v) is 6.78. The number of carbonyl (C=O) groups is 2. The molecule has 1 aliphatic rings. The third-order valence-corrected chi connectivity index (χ3v) is 4.92. The number of carbonyl (C=O) groups excluding carboxylic acids is 2. The first-order valence-corrected chi connectivity index (χ1v) is 9.08. The highest BCUT2D eigenvalue weighted by molar-refractivity contribution is 6.22. The minimum absolute atomic E-state index is 0.0273. The van der Waals surface area contributed by atoms with E-state index in [-0.39, 0.29) is 17.4 Å². The van der Waals surface area contributed by atoms with E-state index in [1.807, 2.05) is 18.2 Å². The molecule has 1 amide bonds. The number of ketones is 1. The van der Waals surface area contributed by atoms with Crippen LogP contribution in [0, 0.1) is 0 Å². The van der Waals surface area contributed by atoms with Crippen LogP contribution >= 0.6 is 0 Å². The third kappa shape index (κ3) is 3.61. The van der Waals surface area contributed by atoms with Crippen LogP contribution in [0.5, 0.6) is 5.75 Å². The molecule has 1 aliphatic carbocycles. The Morgan fingerprint density at radius 1 is 0.897 bits per heavy atom. The summed E-state index contributed by atoms with van der Waals surface area (Å²) in [5.41, 5.74) is 3.79. The minimum Gasteiger partial charge on any atom is -0.435 e. The van der Waals surface area contributed by atoms with Crippen LogP contribution in [0.2, 0.25) is 0 Å². The van der Waals surface area contributed by atoms with E-state index >= 15 is 0 Å². The van der Waals surface area contributed by atoms with Crippen molar-refractivity contribution >= 4 is 11.7 Å². The standard InChI is InChI=1S/C23H17F2NO3/c1-13(14-5-4-6-16(11-14)29-23(24)25)26-22(28)15-9-10-18-17-7-2-3-8-19(17)21(27)20(18)12-15/h2-13,23H,1H3,(H,26,28). The molecule has 0 bridgehead atoms. The number of fused-ring (bicyclic) bond motifs is 3. The number of rotatable bonds is 5. The van der Waals surface area contributed by atoms with Crippen molar-refractivity contribution in [1.29, 1.82) is 0 Å². The van der Waals surface area contributed by atoms with Crippen LogP contribution in [0.15, 0.2) is 66.7 Å². The normalized spacial score (nSPS) is 13.0. The second kappa shape index (κ2) is 7.47. The van der Waals surface area contributed by atoms with E-state index in [2.05, 4.69) is 10.1 Å². The van der Waals surface area contributed by atoms with Crippen LogP contribution < -0.4 is 10.1 Å². The maximum Gasteiger partial charge on any atom is 0.387 e. The lowest BCUT2D eigenvalue weighted by Gasteiger charge is -2.16. The molecule has 3 aromatic carbocycles. The molecule has 29 heavy (non-hydrogen) atoms. The van der Waals surface area contributed by atoms with Gasteiger partial charge in [-0.05, 0) is 47.9 Å². The van der Waals surface area contributed by atoms with Crippen LogP contribution in [-0.4, -0.2) is 18.3 Å². The first-order chi connectivity index (χ1) is 13.9. The van der Waals surface area contributed by atoms with Crippen LogP contribution in [0.4, 0.5) is 8.78 Å². The van der Waals surface area contributed by atoms with Crippen molar-refractivity contribution in [3.8, 4) is 16.9 Å². The molecule has 4 rings (SSSR count). The number of alkyl halides is 2. The summed E-state index contributed by atoms with van der Waals surface area (Å²) in [5, 5.41) is 2.83. The monoisotopic (exact) mass is 393 g/mol. The topological polar surface area (TPSA) is 55.4 Å². The average molecular weight is 393 g/mol. The fourth-order valence-corrected chi connectivity index (χ4v) is 3.49. The van der Waals surface area contributed by atoms with Gasteiger partial charge in [0.2, 0.25) is 0 Å². The summed E-state index contributed by atoms with van der Waals surface area (Å²) in [5.74, 6) is -0.432. The van der Waals surface area contributed by atoms with Gasteiger partial charge < -0.3 is 10.1 Å². The van der Waals surface area contributed by atoms with Gasteiger partial charge in [-0.15, -0.1) is 0 Å². The summed E-state index contributed by atoms with van der Waals surface area (Å²) in [6.07, 6.45) is 0. The van der Waals surface area contributed by atoms with E-state index in [1.54, 1.807) is 43.3 Å². The van der Waals surface area contributed by atoms with E-state index in [9.17, 15) is 18.4 Å². The lowest BCUT2D eigenvalue weighted by molar-refractivity contribution is -0.0499. The summed E-state index contributed by atoms with van der Waals surface area (Å²) in [4.78, 5) is 25.3. The van der Waals surface area contributed by atoms with Gasteiger partial charge in [0.25, 0.3) is 5.91 Å². The zero-order chi connectivity index (χ0) is 20.5. The number of nitrogens with one attached hydrogen (secondary N) is 1. The molecule has 0 saturated heterocycles. The Kier molecular flexibility index (Phi) is 4.84. The predicted molar refractivity (Wildman–Crippen MR) is 104 cm³/mol. The summed E-state index contributed by atoms with van der Waals surface area (Å²) in [6, 6.07) is 18.1. The van der Waals surface area contributed by atoms with Gasteiger partial charge in [0.05, 0.1) is 6.04 Å². The van der Waals surface area contributed by atoms with Crippen molar-refractivity contribution in [3.05, 3.63) is 89.0 Å². The number of amides is 1. The number of ether oxygens (including phenoxy) is 1. The van der Waals surface area contributed by atoms with E-state index in [0.717, 1.165) is 11.1 Å². The van der Waals surface area contributed by atoms with E-state index in [1.165, 1.54) is 12.1 Å². The van der Waals surface area contributed by atoms with Crippen molar-refractivity contribution in [2.24, 2.45) is 0 Å². The number of halogens is 2. The van der Waals surface area contributed by atoms with Crippen LogP contribution in [-0.2, 0) is 0 Å². The summed E-state index contributed by atoms with van der Waals surface area (Å²) < 4.78 is 29.2. The maximum absolute atomic E-state index is 12.7. The zero-order valence-corrected chi connectivity index (χ0v) is 15.5. The molecule has 6 heteroatoms. The third-order valence-electron chi connectivity index (χ3n) is 4.92. The number of hydrogen-bond donors (Lipinski definition) is 1. The first-order valence-electron chi connectivity index (χ1n) is 9.08. The molecule has 1 N–H and O–H groups in total. The molecule has 4 nitrogen and oxygen atoms in total. The summed E-state index contributed by atoms with van der Waals surface area (Å²) in [7, 11) is 0. The molecular formula is C23H17F2NO3. The fraction of sp³-hybridized carbons (Fsp3) is 0.130. The van der Waals surface area contributed by atoms with Crippen molar-refractivity contribution < 1.29 is 23.1 Å². The highest BCUT2D eigenvalue weighted by atomic mass is 19.3. The Labute approximate surface area is 166 Å². The maximum atomic E-state index is 12.7. The molecular weight excluding hydrogens is 376 g/mol. The molecule has 146 valence electrons. The van der Waals surface area contributed by atoms with Gasteiger partial charge in [-0.3, -0.25) is 9.59 Å². The molecule has 0 heterocycles. The summed E-state index contributed by atoms with van der Waals surface area (Å²) in [6.45, 7) is -1.17. The zero-order valence-electron chi connectivity index (χ0n) is 15.5. The van der Waals surface area contributed by atoms with Crippen molar-refractivity contribution in [3.63, 3.8) is 0 Å². The molecule has 0 aromatic heterocycles. The van der Waals surface area contributed by atoms with E-state index in [4.69, 9.17) is 0 Å². The van der Waals surface area contributed by atoms with Gasteiger partial charge in [-0.25, -0.2) is 0 Å². The lowest BCUT2D eigenvalue weighted by Crippen LogP contribution is -2.26. The molecule has 0 saturated carbocycles. The molecule has 3 aromatic rings. The van der Waals surface area contributed by atoms with E-state index < -0.39 is 12.7 Å². The van der Waals surface area contributed by atoms with Gasteiger partial charge in [0, 0.05) is 16.7 Å². The molecule has 0 radical (unpaired) electrons. The predicted octanol–water partition coefficient (Wildman–Crippen LogP) is 4.99. The molecule has 0 spiro atoms. The SMILES string of the molecule is CC(NC(=O)c1ccc2c(c1)C(=O)c1ccccc1-2)c1cccc(OC(F)F)c1. The van der Waals surface area contributed by atoms with Gasteiger partial charge in [0.15, 0.2) is 5.78 Å². The Hall–Kier alpha value is -3.54. The quantitative estimate of drug-likeness (QED) is 0.520. The smallest absolute Gasteiger partial charge is 0.387 e. The molecule has 0 fully saturated rings. The van der Waals surface area contributed by atoms with Gasteiger partial charge in [-0.1, -0.05) is 42.5 Å². The average Bonchev–Trinajstić information content (AvgIpc) is 3.00. The largest absolute Gasteiger partial charge is 0.435 e. The Bertz CT molecular complexity index is 1110. The summed E-state index contributed by atoms with van der Waals surface area (Å²) >= 11 is 0. The Morgan fingerprint density at radius 3 is 2.38 bits per heavy atom. The highest BCUT2D eigenvalue weighted by Crippen LogP contribution is 2.36. The van der Waals surface area contributed by atoms with Gasteiger partial charge in [0.1, 0.15) is 5.75 Å². The molecule has 1 atom stereocenters. The number of benzene rings is 3. The fourth-order valence-electron chi connectivity index (χ4n) is 3.49. The second-order valence-electron chi connectivity index (χ2n) is 6.78. The van der Waals surface area contributed by atoms with Crippen LogP contribution in [0.1, 0.15) is 44.8 Å². The Balaban J connectivity index is 1.54. The minimum atomic E-state index is -2.91. The van der Waals surface area contributed by atoms with Crippen molar-refractivity contribution in [2.75, 3.05) is 0 Å². The van der Waals surface area contributed by atoms with Gasteiger partial charge in [-0.2, -0.15) is 8.78 Å². The van der Waals surface area contributed by atoms with Crippen molar-refractivity contribution in [1.82, 2.24) is 5.32 Å². The highest BCUT2D eigenvalue weighted by Gasteiger charge is 2.27.